The number of hydrogen-bond acceptors (Lipinski definition) is 2. The predicted octanol–water partition coefficient (Wildman–Crippen LogP) is 14.6. The Morgan fingerprint density at radius 2 is 1.23 bits per heavy atom. The molecule has 318 valence electrons. The highest BCUT2D eigenvalue weighted by atomic mass is 16.3. The second-order valence-corrected chi connectivity index (χ2v) is 21.2. The number of benzene rings is 8. The maximum absolute atomic E-state index is 6.63. The van der Waals surface area contributed by atoms with E-state index in [1.807, 2.05) is 0 Å². The molecule has 0 unspecified atom stereocenters. The molecule has 2 aliphatic rings. The SMILES string of the molecule is CC(C)(C)c1ccc(Nc2ccccc2-c2cc(C(c3ccccc3)c3ccccc3)c3c4cc5c(cc4n4c3c2Bc2cc3oc6ccccc6c3cc2-4)C(C)(C)CCC5(C)C)cc1. The number of nitrogens with one attached hydrogen (secondary N) is 1. The van der Waals surface area contributed by atoms with Crippen LogP contribution in [0, 0.1) is 0 Å². The minimum Gasteiger partial charge on any atom is -0.456 e. The molecule has 10 aromatic rings. The lowest BCUT2D eigenvalue weighted by Crippen LogP contribution is -2.37. The van der Waals surface area contributed by atoms with Gasteiger partial charge in [0, 0.05) is 55.6 Å². The van der Waals surface area contributed by atoms with Gasteiger partial charge in [0.25, 0.3) is 0 Å². The number of nitrogens with zero attached hydrogens (tertiary/aromatic N) is 1. The van der Waals surface area contributed by atoms with Crippen molar-refractivity contribution in [2.75, 3.05) is 5.32 Å². The standard InChI is InChI=1S/C61H55BN2O/c1-59(2,3)39-26-28-40(29-27-39)63-50-24-16-14-22-41(50)44-32-46(55(37-18-10-8-11-19-37)38-20-12-9-13-21-38)56-45-33-47-48(61(6,7)31-30-60(47,4)5)35-51(45)64-52-34-43-42-23-15-17-25-53(42)65-54(43)36-49(52)62-57(44)58(56)64/h8-29,32-36,55,62-63H,30-31H2,1-7H3. The number of aromatic nitrogens is 1. The Bertz CT molecular complexity index is 3470. The second kappa shape index (κ2) is 14.4. The Hall–Kier alpha value is -6.78. The molecule has 0 saturated heterocycles. The zero-order chi connectivity index (χ0) is 44.4. The second-order valence-electron chi connectivity index (χ2n) is 21.2. The first kappa shape index (κ1) is 39.8. The van der Waals surface area contributed by atoms with Gasteiger partial charge in [-0.2, -0.15) is 0 Å². The molecule has 1 N–H and O–H groups in total. The van der Waals surface area contributed by atoms with Crippen LogP contribution in [0.2, 0.25) is 0 Å². The number of para-hydroxylation sites is 2. The number of rotatable bonds is 6. The Balaban J connectivity index is 1.23. The summed E-state index contributed by atoms with van der Waals surface area (Å²) in [5, 5.41) is 8.91. The van der Waals surface area contributed by atoms with Crippen LogP contribution in [0.1, 0.15) is 101 Å². The van der Waals surface area contributed by atoms with Crippen LogP contribution in [0.25, 0.3) is 60.6 Å². The van der Waals surface area contributed by atoms with E-state index in [1.54, 1.807) is 0 Å². The van der Waals surface area contributed by atoms with Gasteiger partial charge in [-0.3, -0.25) is 0 Å². The van der Waals surface area contributed by atoms with Crippen molar-refractivity contribution < 1.29 is 4.42 Å². The van der Waals surface area contributed by atoms with Crippen molar-refractivity contribution >= 4 is 73.3 Å². The molecule has 8 aromatic carbocycles. The van der Waals surface area contributed by atoms with Crippen molar-refractivity contribution in [2.24, 2.45) is 0 Å². The highest BCUT2D eigenvalue weighted by molar-refractivity contribution is 6.73. The van der Waals surface area contributed by atoms with E-state index in [4.69, 9.17) is 4.42 Å². The molecular formula is C61H55BN2O. The lowest BCUT2D eigenvalue weighted by Gasteiger charge is -2.42. The summed E-state index contributed by atoms with van der Waals surface area (Å²) in [6, 6.07) is 61.4. The Kier molecular flexibility index (Phi) is 8.79. The fraction of sp³-hybridized carbons (Fsp3) is 0.213. The summed E-state index contributed by atoms with van der Waals surface area (Å²) in [5.41, 5.74) is 21.3. The molecule has 4 heteroatoms. The first-order valence-electron chi connectivity index (χ1n) is 23.5. The molecule has 0 atom stereocenters. The largest absolute Gasteiger partial charge is 0.456 e. The van der Waals surface area contributed by atoms with Crippen LogP contribution in [0.4, 0.5) is 11.4 Å². The van der Waals surface area contributed by atoms with Crippen LogP contribution in [0.15, 0.2) is 168 Å². The van der Waals surface area contributed by atoms with Gasteiger partial charge >= 0.3 is 0 Å². The third-order valence-electron chi connectivity index (χ3n) is 15.1. The molecule has 0 radical (unpaired) electrons. The van der Waals surface area contributed by atoms with Gasteiger partial charge in [0.1, 0.15) is 11.2 Å². The highest BCUT2D eigenvalue weighted by Gasteiger charge is 2.39. The fourth-order valence-electron chi connectivity index (χ4n) is 11.5. The molecule has 2 aromatic heterocycles. The van der Waals surface area contributed by atoms with E-state index in [0.717, 1.165) is 53.4 Å². The molecule has 0 fully saturated rings. The topological polar surface area (TPSA) is 30.1 Å². The zero-order valence-electron chi connectivity index (χ0n) is 38.6. The van der Waals surface area contributed by atoms with Crippen molar-refractivity contribution in [1.82, 2.24) is 4.57 Å². The maximum atomic E-state index is 6.63. The van der Waals surface area contributed by atoms with Crippen LogP contribution >= 0.6 is 0 Å². The summed E-state index contributed by atoms with van der Waals surface area (Å²) in [6.07, 6.45) is 2.32. The van der Waals surface area contributed by atoms with E-state index in [1.165, 1.54) is 82.9 Å². The molecule has 1 aliphatic heterocycles. The van der Waals surface area contributed by atoms with Gasteiger partial charge in [-0.15, -0.1) is 0 Å². The third-order valence-corrected chi connectivity index (χ3v) is 15.1. The average Bonchev–Trinajstić information content (AvgIpc) is 3.84. The lowest BCUT2D eigenvalue weighted by atomic mass is 9.58. The smallest absolute Gasteiger partial charge is 0.198 e. The van der Waals surface area contributed by atoms with Crippen molar-refractivity contribution in [1.29, 1.82) is 0 Å². The number of fused-ring (bicyclic) bond motifs is 9. The van der Waals surface area contributed by atoms with E-state index in [2.05, 4.69) is 222 Å². The zero-order valence-corrected chi connectivity index (χ0v) is 38.6. The first-order chi connectivity index (χ1) is 31.3. The average molecular weight is 843 g/mol. The van der Waals surface area contributed by atoms with Gasteiger partial charge in [0.05, 0.1) is 5.52 Å². The summed E-state index contributed by atoms with van der Waals surface area (Å²) in [4.78, 5) is 0. The van der Waals surface area contributed by atoms with Crippen LogP contribution < -0.4 is 16.2 Å². The van der Waals surface area contributed by atoms with E-state index in [-0.39, 0.29) is 22.2 Å². The molecular weight excluding hydrogens is 787 g/mol. The molecule has 65 heavy (non-hydrogen) atoms. The van der Waals surface area contributed by atoms with Crippen LogP contribution in [0.5, 0.6) is 0 Å². The Labute approximate surface area is 383 Å². The van der Waals surface area contributed by atoms with Crippen molar-refractivity contribution in [3.8, 4) is 16.8 Å². The monoisotopic (exact) mass is 842 g/mol. The van der Waals surface area contributed by atoms with E-state index >= 15 is 0 Å². The molecule has 3 heterocycles. The van der Waals surface area contributed by atoms with Gasteiger partial charge in [-0.1, -0.05) is 163 Å². The quantitative estimate of drug-likeness (QED) is 0.134. The van der Waals surface area contributed by atoms with Gasteiger partial charge in [0.2, 0.25) is 0 Å². The maximum Gasteiger partial charge on any atom is 0.198 e. The number of anilines is 2. The first-order valence-corrected chi connectivity index (χ1v) is 23.5. The van der Waals surface area contributed by atoms with Crippen molar-refractivity contribution in [3.63, 3.8) is 0 Å². The van der Waals surface area contributed by atoms with Gasteiger partial charge in [0.15, 0.2) is 7.28 Å². The summed E-state index contributed by atoms with van der Waals surface area (Å²) >= 11 is 0. The number of hydrogen-bond donors (Lipinski definition) is 1. The molecule has 12 rings (SSSR count). The minimum absolute atomic E-state index is 0.0171. The molecule has 0 spiro atoms. The summed E-state index contributed by atoms with van der Waals surface area (Å²) in [6.45, 7) is 16.7. The summed E-state index contributed by atoms with van der Waals surface area (Å²) < 4.78 is 9.30. The van der Waals surface area contributed by atoms with E-state index < -0.39 is 0 Å². The van der Waals surface area contributed by atoms with Crippen molar-refractivity contribution in [3.05, 3.63) is 197 Å². The summed E-state index contributed by atoms with van der Waals surface area (Å²) in [5.74, 6) is -0.0171. The molecule has 1 aliphatic carbocycles. The van der Waals surface area contributed by atoms with Gasteiger partial charge in [-0.25, -0.2) is 0 Å². The molecule has 3 nitrogen and oxygen atoms in total. The molecule has 0 amide bonds. The number of furan rings is 1. The minimum atomic E-state index is -0.0171. The Morgan fingerprint density at radius 1 is 0.600 bits per heavy atom. The lowest BCUT2D eigenvalue weighted by molar-refractivity contribution is 0.332. The van der Waals surface area contributed by atoms with Crippen LogP contribution in [-0.2, 0) is 16.2 Å². The van der Waals surface area contributed by atoms with Crippen LogP contribution in [0.3, 0.4) is 0 Å². The van der Waals surface area contributed by atoms with Gasteiger partial charge in [-0.05, 0) is 128 Å². The van der Waals surface area contributed by atoms with Gasteiger partial charge < -0.3 is 14.3 Å². The normalized spacial score (nSPS) is 15.1. The van der Waals surface area contributed by atoms with Crippen molar-refractivity contribution in [2.45, 2.75) is 83.5 Å². The highest BCUT2D eigenvalue weighted by Crippen LogP contribution is 2.51. The van der Waals surface area contributed by atoms with Crippen LogP contribution in [-0.4, -0.2) is 11.8 Å². The summed E-state index contributed by atoms with van der Waals surface area (Å²) in [7, 11) is 0.775. The fourth-order valence-corrected chi connectivity index (χ4v) is 11.5. The molecule has 0 saturated carbocycles. The van der Waals surface area contributed by atoms with E-state index in [9.17, 15) is 0 Å². The molecule has 0 bridgehead atoms. The van der Waals surface area contributed by atoms with E-state index in [0.29, 0.717) is 0 Å². The predicted molar refractivity (Wildman–Crippen MR) is 277 cm³/mol. The third kappa shape index (κ3) is 6.32. The Morgan fingerprint density at radius 3 is 1.92 bits per heavy atom.